The fourth-order valence-corrected chi connectivity index (χ4v) is 1.46. The van der Waals surface area contributed by atoms with E-state index in [4.69, 9.17) is 0 Å². The van der Waals surface area contributed by atoms with E-state index in [2.05, 4.69) is 25.3 Å². The minimum absolute atomic E-state index is 1.18. The molecule has 0 N–H and O–H groups in total. The summed E-state index contributed by atoms with van der Waals surface area (Å²) in [6.45, 7) is 11.7. The van der Waals surface area contributed by atoms with E-state index in [-0.39, 0.29) is 0 Å². The molecule has 1 nitrogen and oxygen atoms in total. The van der Waals surface area contributed by atoms with Crippen LogP contribution in [-0.4, -0.2) is 30.3 Å². The van der Waals surface area contributed by atoms with E-state index in [1.807, 2.05) is 17.2 Å². The standard InChI is InChI=1S/C9H19NS/c1-4-10(5-2)8-7-9-11-6-3/h6H,3-5,7-9H2,1-2H3. The molecular weight excluding hydrogens is 154 g/mol. The van der Waals surface area contributed by atoms with Crippen LogP contribution in [0.3, 0.4) is 0 Å². The normalized spacial score (nSPS) is 10.5. The van der Waals surface area contributed by atoms with E-state index in [0.29, 0.717) is 0 Å². The smallest absolute Gasteiger partial charge is 0.00110 e. The first-order valence-electron chi connectivity index (χ1n) is 4.30. The zero-order valence-corrected chi connectivity index (χ0v) is 8.49. The van der Waals surface area contributed by atoms with Crippen molar-refractivity contribution in [3.8, 4) is 0 Å². The fourth-order valence-electron chi connectivity index (χ4n) is 0.995. The van der Waals surface area contributed by atoms with E-state index < -0.39 is 0 Å². The lowest BCUT2D eigenvalue weighted by Crippen LogP contribution is -2.24. The van der Waals surface area contributed by atoms with Gasteiger partial charge in [-0.25, -0.2) is 0 Å². The van der Waals surface area contributed by atoms with Crippen molar-refractivity contribution >= 4 is 11.8 Å². The van der Waals surface area contributed by atoms with Crippen molar-refractivity contribution in [1.82, 2.24) is 4.90 Å². The van der Waals surface area contributed by atoms with E-state index in [9.17, 15) is 0 Å². The van der Waals surface area contributed by atoms with Crippen LogP contribution in [0.15, 0.2) is 12.0 Å². The molecule has 0 spiro atoms. The number of rotatable bonds is 7. The van der Waals surface area contributed by atoms with Crippen LogP contribution in [0.2, 0.25) is 0 Å². The Morgan fingerprint density at radius 1 is 1.36 bits per heavy atom. The maximum absolute atomic E-state index is 3.67. The Balaban J connectivity index is 3.13. The molecule has 0 amide bonds. The Hall–Kier alpha value is 0.0500. The predicted octanol–water partition coefficient (Wildman–Crippen LogP) is 2.60. The van der Waals surface area contributed by atoms with Gasteiger partial charge in [0.25, 0.3) is 0 Å². The summed E-state index contributed by atoms with van der Waals surface area (Å²) in [7, 11) is 0. The van der Waals surface area contributed by atoms with Gasteiger partial charge in [-0.1, -0.05) is 20.4 Å². The average Bonchev–Trinajstić information content (AvgIpc) is 2.05. The van der Waals surface area contributed by atoms with Gasteiger partial charge < -0.3 is 4.90 Å². The lowest BCUT2D eigenvalue weighted by Gasteiger charge is -2.16. The summed E-state index contributed by atoms with van der Waals surface area (Å²) >= 11 is 1.81. The van der Waals surface area contributed by atoms with Crippen LogP contribution in [0.1, 0.15) is 20.3 Å². The lowest BCUT2D eigenvalue weighted by atomic mass is 10.4. The second kappa shape index (κ2) is 8.15. The van der Waals surface area contributed by atoms with Crippen LogP contribution in [0.4, 0.5) is 0 Å². The van der Waals surface area contributed by atoms with Gasteiger partial charge in [0.15, 0.2) is 0 Å². The Kier molecular flexibility index (Phi) is 8.19. The lowest BCUT2D eigenvalue weighted by molar-refractivity contribution is 0.305. The summed E-state index contributed by atoms with van der Waals surface area (Å²) < 4.78 is 0. The van der Waals surface area contributed by atoms with Gasteiger partial charge in [-0.2, -0.15) is 0 Å². The molecule has 66 valence electrons. The summed E-state index contributed by atoms with van der Waals surface area (Å²) in [6, 6.07) is 0. The van der Waals surface area contributed by atoms with Gasteiger partial charge in [0.1, 0.15) is 0 Å². The van der Waals surface area contributed by atoms with Crippen molar-refractivity contribution in [2.45, 2.75) is 20.3 Å². The molecule has 0 aliphatic carbocycles. The average molecular weight is 173 g/mol. The third-order valence-electron chi connectivity index (χ3n) is 1.75. The van der Waals surface area contributed by atoms with Crippen LogP contribution in [0.5, 0.6) is 0 Å². The Morgan fingerprint density at radius 2 is 2.00 bits per heavy atom. The number of hydrogen-bond acceptors (Lipinski definition) is 2. The maximum atomic E-state index is 3.67. The molecule has 0 aromatic heterocycles. The van der Waals surface area contributed by atoms with Gasteiger partial charge in [0, 0.05) is 0 Å². The first-order valence-corrected chi connectivity index (χ1v) is 5.34. The molecule has 0 heterocycles. The first-order chi connectivity index (χ1) is 5.35. The molecule has 0 aromatic rings. The number of hydrogen-bond donors (Lipinski definition) is 0. The van der Waals surface area contributed by atoms with Crippen molar-refractivity contribution in [3.63, 3.8) is 0 Å². The molecule has 0 unspecified atom stereocenters. The number of thioether (sulfide) groups is 1. The predicted molar refractivity (Wildman–Crippen MR) is 55.1 cm³/mol. The molecule has 2 heteroatoms. The van der Waals surface area contributed by atoms with Crippen molar-refractivity contribution in [3.05, 3.63) is 12.0 Å². The van der Waals surface area contributed by atoms with Gasteiger partial charge in [0.05, 0.1) is 0 Å². The third-order valence-corrected chi connectivity index (χ3v) is 2.51. The summed E-state index contributed by atoms with van der Waals surface area (Å²) in [5.41, 5.74) is 0. The number of nitrogens with zero attached hydrogens (tertiary/aromatic N) is 1. The van der Waals surface area contributed by atoms with E-state index in [0.717, 1.165) is 0 Å². The minimum atomic E-state index is 1.18. The molecule has 0 fully saturated rings. The molecule has 0 saturated carbocycles. The highest BCUT2D eigenvalue weighted by molar-refractivity contribution is 8.02. The second-order valence-electron chi connectivity index (χ2n) is 2.42. The van der Waals surface area contributed by atoms with Crippen LogP contribution in [-0.2, 0) is 0 Å². The SMILES string of the molecule is C=CSCCCN(CC)CC. The summed E-state index contributed by atoms with van der Waals surface area (Å²) in [4.78, 5) is 2.45. The fraction of sp³-hybridized carbons (Fsp3) is 0.778. The Bertz CT molecular complexity index is 89.6. The molecule has 0 aliphatic heterocycles. The van der Waals surface area contributed by atoms with Crippen LogP contribution >= 0.6 is 11.8 Å². The monoisotopic (exact) mass is 173 g/mol. The minimum Gasteiger partial charge on any atom is -0.304 e. The first kappa shape index (κ1) is 11.1. The van der Waals surface area contributed by atoms with Crippen molar-refractivity contribution in [2.24, 2.45) is 0 Å². The van der Waals surface area contributed by atoms with Gasteiger partial charge >= 0.3 is 0 Å². The molecule has 0 radical (unpaired) electrons. The van der Waals surface area contributed by atoms with Crippen molar-refractivity contribution in [2.75, 3.05) is 25.4 Å². The highest BCUT2D eigenvalue weighted by Crippen LogP contribution is 2.02. The molecule has 0 aromatic carbocycles. The topological polar surface area (TPSA) is 3.24 Å². The van der Waals surface area contributed by atoms with E-state index in [1.54, 1.807) is 0 Å². The molecular formula is C9H19NS. The van der Waals surface area contributed by atoms with Crippen LogP contribution < -0.4 is 0 Å². The van der Waals surface area contributed by atoms with Gasteiger partial charge in [-0.05, 0) is 37.2 Å². The molecule has 0 rings (SSSR count). The second-order valence-corrected chi connectivity index (χ2v) is 3.49. The quantitative estimate of drug-likeness (QED) is 0.544. The van der Waals surface area contributed by atoms with Crippen LogP contribution in [0, 0.1) is 0 Å². The molecule has 0 atom stereocenters. The molecule has 0 aliphatic rings. The van der Waals surface area contributed by atoms with Crippen molar-refractivity contribution < 1.29 is 0 Å². The molecule has 0 bridgehead atoms. The Morgan fingerprint density at radius 3 is 2.45 bits per heavy atom. The highest BCUT2D eigenvalue weighted by atomic mass is 32.2. The largest absolute Gasteiger partial charge is 0.304 e. The zero-order valence-electron chi connectivity index (χ0n) is 7.68. The Labute approximate surface area is 74.9 Å². The van der Waals surface area contributed by atoms with Gasteiger partial charge in [-0.15, -0.1) is 11.8 Å². The van der Waals surface area contributed by atoms with E-state index in [1.165, 1.54) is 31.8 Å². The summed E-state index contributed by atoms with van der Waals surface area (Å²) in [6.07, 6.45) is 1.28. The van der Waals surface area contributed by atoms with Gasteiger partial charge in [-0.3, -0.25) is 0 Å². The maximum Gasteiger partial charge on any atom is -0.00110 e. The highest BCUT2D eigenvalue weighted by Gasteiger charge is 1.96. The zero-order chi connectivity index (χ0) is 8.53. The van der Waals surface area contributed by atoms with Crippen LogP contribution in [0.25, 0.3) is 0 Å². The van der Waals surface area contributed by atoms with Gasteiger partial charge in [0.2, 0.25) is 0 Å². The summed E-state index contributed by atoms with van der Waals surface area (Å²) in [5.74, 6) is 1.21. The molecule has 11 heavy (non-hydrogen) atoms. The molecule has 0 saturated heterocycles. The van der Waals surface area contributed by atoms with E-state index >= 15 is 0 Å². The van der Waals surface area contributed by atoms with Crippen molar-refractivity contribution in [1.29, 1.82) is 0 Å². The third kappa shape index (κ3) is 6.45. The summed E-state index contributed by atoms with van der Waals surface area (Å²) in [5, 5.41) is 1.92.